The summed E-state index contributed by atoms with van der Waals surface area (Å²) in [6.07, 6.45) is 7.18. The highest BCUT2D eigenvalue weighted by atomic mass is 16.5. The number of hydrogen-bond donors (Lipinski definition) is 1. The Morgan fingerprint density at radius 1 is 1.26 bits per heavy atom. The van der Waals surface area contributed by atoms with Gasteiger partial charge in [-0.05, 0) is 31.4 Å². The first kappa shape index (κ1) is 14.1. The lowest BCUT2D eigenvalue weighted by Gasteiger charge is -2.25. The van der Waals surface area contributed by atoms with Crippen LogP contribution in [-0.2, 0) is 13.5 Å². The number of fused-ring (bicyclic) bond motifs is 2. The third-order valence-electron chi connectivity index (χ3n) is 4.67. The van der Waals surface area contributed by atoms with Gasteiger partial charge in [-0.2, -0.15) is 5.10 Å². The van der Waals surface area contributed by atoms with Crippen molar-refractivity contribution in [1.29, 1.82) is 0 Å². The lowest BCUT2D eigenvalue weighted by Crippen LogP contribution is -2.18. The first-order valence-corrected chi connectivity index (χ1v) is 7.97. The molecule has 5 nitrogen and oxygen atoms in total. The lowest BCUT2D eigenvalue weighted by atomic mass is 9.93. The monoisotopic (exact) mass is 308 g/mol. The van der Waals surface area contributed by atoms with Crippen LogP contribution in [0.4, 0.5) is 5.82 Å². The van der Waals surface area contributed by atoms with Crippen LogP contribution in [-0.4, -0.2) is 21.9 Å². The van der Waals surface area contributed by atoms with Crippen molar-refractivity contribution in [3.05, 3.63) is 47.9 Å². The summed E-state index contributed by atoms with van der Waals surface area (Å²) in [7, 11) is 3.72. The molecule has 23 heavy (non-hydrogen) atoms. The van der Waals surface area contributed by atoms with Crippen LogP contribution >= 0.6 is 0 Å². The van der Waals surface area contributed by atoms with Crippen molar-refractivity contribution in [3.8, 4) is 5.75 Å². The molecule has 3 aromatic rings. The van der Waals surface area contributed by atoms with Crippen LogP contribution < -0.4 is 10.1 Å². The van der Waals surface area contributed by atoms with Crippen molar-refractivity contribution >= 4 is 16.6 Å². The topological polar surface area (TPSA) is 52.0 Å². The molecule has 1 atom stereocenters. The maximum absolute atomic E-state index is 5.46. The van der Waals surface area contributed by atoms with Gasteiger partial charge in [-0.25, -0.2) is 4.98 Å². The summed E-state index contributed by atoms with van der Waals surface area (Å²) >= 11 is 0. The first-order valence-electron chi connectivity index (χ1n) is 7.97. The van der Waals surface area contributed by atoms with Gasteiger partial charge in [-0.15, -0.1) is 0 Å². The number of pyridine rings is 1. The van der Waals surface area contributed by atoms with Crippen LogP contribution in [0.1, 0.15) is 30.1 Å². The van der Waals surface area contributed by atoms with Gasteiger partial charge in [0.05, 0.1) is 19.3 Å². The van der Waals surface area contributed by atoms with Crippen LogP contribution in [0, 0.1) is 0 Å². The maximum Gasteiger partial charge on any atom is 0.134 e. The maximum atomic E-state index is 5.46. The predicted octanol–water partition coefficient (Wildman–Crippen LogP) is 3.47. The normalized spacial score (nSPS) is 17.0. The van der Waals surface area contributed by atoms with Crippen molar-refractivity contribution in [1.82, 2.24) is 14.8 Å². The van der Waals surface area contributed by atoms with Gasteiger partial charge < -0.3 is 10.1 Å². The van der Waals surface area contributed by atoms with Crippen molar-refractivity contribution in [2.45, 2.75) is 25.3 Å². The Balaban J connectivity index is 1.74. The molecule has 118 valence electrons. The molecule has 1 N–H and O–H groups in total. The SMILES string of the molecule is COc1cccc2c(NC3CCCc4c3cnn4C)nccc12. The van der Waals surface area contributed by atoms with Gasteiger partial charge >= 0.3 is 0 Å². The second-order valence-corrected chi connectivity index (χ2v) is 5.97. The largest absolute Gasteiger partial charge is 0.496 e. The van der Waals surface area contributed by atoms with E-state index in [4.69, 9.17) is 4.74 Å². The number of ether oxygens (including phenoxy) is 1. The number of aryl methyl sites for hydroxylation is 1. The fraction of sp³-hybridized carbons (Fsp3) is 0.333. The summed E-state index contributed by atoms with van der Waals surface area (Å²) in [6, 6.07) is 8.32. The Bertz CT molecular complexity index is 855. The molecule has 1 aliphatic carbocycles. The van der Waals surface area contributed by atoms with Crippen LogP contribution in [0.15, 0.2) is 36.7 Å². The number of anilines is 1. The van der Waals surface area contributed by atoms with Crippen molar-refractivity contribution < 1.29 is 4.74 Å². The average Bonchev–Trinajstić information content (AvgIpc) is 2.97. The van der Waals surface area contributed by atoms with E-state index in [0.29, 0.717) is 0 Å². The molecule has 0 radical (unpaired) electrons. The fourth-order valence-electron chi connectivity index (χ4n) is 3.49. The van der Waals surface area contributed by atoms with E-state index < -0.39 is 0 Å². The smallest absolute Gasteiger partial charge is 0.134 e. The van der Waals surface area contributed by atoms with E-state index in [2.05, 4.69) is 21.5 Å². The van der Waals surface area contributed by atoms with E-state index >= 15 is 0 Å². The molecule has 2 aromatic heterocycles. The number of nitrogens with one attached hydrogen (secondary N) is 1. The average molecular weight is 308 g/mol. The van der Waals surface area contributed by atoms with Crippen molar-refractivity contribution in [3.63, 3.8) is 0 Å². The standard InChI is InChI=1S/C18H20N4O/c1-22-16-7-4-6-15(14(16)11-20-22)21-18-13-5-3-8-17(23-2)12(13)9-10-19-18/h3,5,8-11,15H,4,6-7H2,1-2H3,(H,19,21). The van der Waals surface area contributed by atoms with E-state index in [1.54, 1.807) is 7.11 Å². The lowest BCUT2D eigenvalue weighted by molar-refractivity contribution is 0.420. The highest BCUT2D eigenvalue weighted by molar-refractivity contribution is 5.95. The zero-order valence-corrected chi connectivity index (χ0v) is 13.4. The second-order valence-electron chi connectivity index (χ2n) is 5.97. The summed E-state index contributed by atoms with van der Waals surface area (Å²) < 4.78 is 7.45. The van der Waals surface area contributed by atoms with E-state index in [1.165, 1.54) is 11.3 Å². The third kappa shape index (κ3) is 2.32. The first-order chi connectivity index (χ1) is 11.3. The molecule has 0 saturated heterocycles. The molecule has 0 amide bonds. The molecule has 1 aliphatic rings. The van der Waals surface area contributed by atoms with Gasteiger partial charge in [0.15, 0.2) is 0 Å². The van der Waals surface area contributed by atoms with Gasteiger partial charge in [-0.3, -0.25) is 4.68 Å². The number of hydrogen-bond acceptors (Lipinski definition) is 4. The van der Waals surface area contributed by atoms with Crippen molar-refractivity contribution in [2.75, 3.05) is 12.4 Å². The van der Waals surface area contributed by atoms with Crippen molar-refractivity contribution in [2.24, 2.45) is 7.05 Å². The van der Waals surface area contributed by atoms with Crippen LogP contribution in [0.25, 0.3) is 10.8 Å². The molecule has 0 fully saturated rings. The van der Waals surface area contributed by atoms with Gasteiger partial charge in [0.2, 0.25) is 0 Å². The Morgan fingerprint density at radius 2 is 2.17 bits per heavy atom. The number of benzene rings is 1. The Kier molecular flexibility index (Phi) is 3.41. The van der Waals surface area contributed by atoms with E-state index in [1.807, 2.05) is 42.3 Å². The molecule has 0 saturated carbocycles. The van der Waals surface area contributed by atoms with Gasteiger partial charge in [-0.1, -0.05) is 12.1 Å². The molecule has 0 spiro atoms. The number of methoxy groups -OCH3 is 1. The summed E-state index contributed by atoms with van der Waals surface area (Å²) in [5.74, 6) is 1.78. The molecular weight excluding hydrogens is 288 g/mol. The minimum Gasteiger partial charge on any atom is -0.496 e. The second kappa shape index (κ2) is 5.57. The van der Waals surface area contributed by atoms with Gasteiger partial charge in [0.1, 0.15) is 11.6 Å². The van der Waals surface area contributed by atoms with Gasteiger partial charge in [0.25, 0.3) is 0 Å². The van der Waals surface area contributed by atoms with E-state index in [0.717, 1.165) is 41.6 Å². The molecule has 0 bridgehead atoms. The minimum absolute atomic E-state index is 0.261. The molecule has 1 unspecified atom stereocenters. The van der Waals surface area contributed by atoms with Crippen LogP contribution in [0.3, 0.4) is 0 Å². The summed E-state index contributed by atoms with van der Waals surface area (Å²) in [5.41, 5.74) is 2.62. The fourth-order valence-corrected chi connectivity index (χ4v) is 3.49. The molecular formula is C18H20N4O. The van der Waals surface area contributed by atoms with Gasteiger partial charge in [0, 0.05) is 35.3 Å². The summed E-state index contributed by atoms with van der Waals surface area (Å²) in [5, 5.41) is 10.2. The van der Waals surface area contributed by atoms with Crippen LogP contribution in [0.2, 0.25) is 0 Å². The van der Waals surface area contributed by atoms with E-state index in [-0.39, 0.29) is 6.04 Å². The number of rotatable bonds is 3. The zero-order valence-electron chi connectivity index (χ0n) is 13.4. The minimum atomic E-state index is 0.261. The molecule has 1 aromatic carbocycles. The predicted molar refractivity (Wildman–Crippen MR) is 90.8 cm³/mol. The van der Waals surface area contributed by atoms with E-state index in [9.17, 15) is 0 Å². The number of nitrogens with zero attached hydrogens (tertiary/aromatic N) is 3. The quantitative estimate of drug-likeness (QED) is 0.805. The molecule has 5 heteroatoms. The molecule has 0 aliphatic heterocycles. The highest BCUT2D eigenvalue weighted by Crippen LogP contribution is 2.35. The molecule has 2 heterocycles. The highest BCUT2D eigenvalue weighted by Gasteiger charge is 2.24. The third-order valence-corrected chi connectivity index (χ3v) is 4.67. The summed E-state index contributed by atoms with van der Waals surface area (Å²) in [4.78, 5) is 4.56. The Morgan fingerprint density at radius 3 is 3.04 bits per heavy atom. The summed E-state index contributed by atoms with van der Waals surface area (Å²) in [6.45, 7) is 0. The molecule has 4 rings (SSSR count). The Hall–Kier alpha value is -2.56. The Labute approximate surface area is 135 Å². The number of aromatic nitrogens is 3. The van der Waals surface area contributed by atoms with Crippen LogP contribution in [0.5, 0.6) is 5.75 Å². The zero-order chi connectivity index (χ0) is 15.8.